The smallest absolute Gasteiger partial charge is 0.255 e. The molecule has 4 aromatic rings. The molecule has 1 atom stereocenters. The Labute approximate surface area is 359 Å². The highest BCUT2D eigenvalue weighted by Crippen LogP contribution is 2.40. The number of benzene rings is 3. The predicted octanol–water partition coefficient (Wildman–Crippen LogP) is 6.39. The molecule has 16 nitrogen and oxygen atoms in total. The molecule has 62 heavy (non-hydrogen) atoms. The number of rotatable bonds is 17. The standard InChI is InChI=1S/C46H50N8O8/c1-26-18-29(35-23-53(4)28(3)43-34(35)22-48-52-43)20-39(60-5)32(26)11-8-14-41(56)47-17-9-10-31(55)25-62-44-27(2)19-30(21-40(44)61-6)50-51-37-13-7-12-33-36(37)24-54(46(33)59)38-15-16-42(57)49-45(38)58/h7,12-13,18-23,38H,3,8-11,14-17,24-25H2,1-2,4-6H3,(H,47,56)(H,48,52)(H,49,57,58). The van der Waals surface area contributed by atoms with Gasteiger partial charge in [-0.05, 0) is 86.1 Å². The topological polar surface area (TPSA) is 197 Å². The number of azo groups is 1. The molecule has 1 saturated heterocycles. The predicted molar refractivity (Wildman–Crippen MR) is 230 cm³/mol. The van der Waals surface area contributed by atoms with Crippen LogP contribution in [0.4, 0.5) is 11.4 Å². The largest absolute Gasteiger partial charge is 0.496 e. The van der Waals surface area contributed by atoms with E-state index in [4.69, 9.17) is 14.2 Å². The van der Waals surface area contributed by atoms with Gasteiger partial charge in [0.15, 0.2) is 17.3 Å². The highest BCUT2D eigenvalue weighted by Gasteiger charge is 2.40. The van der Waals surface area contributed by atoms with Crippen molar-refractivity contribution in [2.45, 2.75) is 71.4 Å². The monoisotopic (exact) mass is 842 g/mol. The third kappa shape index (κ3) is 9.13. The molecule has 3 aromatic carbocycles. The minimum absolute atomic E-state index is 0.0815. The molecule has 1 fully saturated rings. The maximum Gasteiger partial charge on any atom is 0.255 e. The number of nitrogens with zero attached hydrogens (tertiary/aromatic N) is 5. The number of fused-ring (bicyclic) bond motifs is 2. The molecule has 3 N–H and O–H groups in total. The van der Waals surface area contributed by atoms with Crippen molar-refractivity contribution in [2.75, 3.05) is 34.4 Å². The fraction of sp³-hybridized carbons (Fsp3) is 0.348. The number of ether oxygens (including phenoxy) is 3. The van der Waals surface area contributed by atoms with Crippen LogP contribution in [-0.4, -0.2) is 89.9 Å². The van der Waals surface area contributed by atoms with E-state index >= 15 is 0 Å². The molecular weight excluding hydrogens is 793 g/mol. The van der Waals surface area contributed by atoms with Gasteiger partial charge in [-0.2, -0.15) is 15.3 Å². The molecule has 0 radical (unpaired) electrons. The minimum atomic E-state index is -0.736. The Hall–Kier alpha value is -7.10. The van der Waals surface area contributed by atoms with Gasteiger partial charge in [-0.3, -0.25) is 34.4 Å². The number of methoxy groups -OCH3 is 2. The van der Waals surface area contributed by atoms with Crippen molar-refractivity contribution in [1.29, 1.82) is 0 Å². The van der Waals surface area contributed by atoms with E-state index in [0.717, 1.165) is 45.0 Å². The normalized spacial score (nSPS) is 16.0. The maximum absolute atomic E-state index is 13.2. The van der Waals surface area contributed by atoms with E-state index in [1.807, 2.05) is 31.1 Å². The second kappa shape index (κ2) is 18.7. The fourth-order valence-electron chi connectivity index (χ4n) is 8.04. The number of piperidine rings is 1. The van der Waals surface area contributed by atoms with Crippen molar-refractivity contribution in [3.05, 3.63) is 106 Å². The Balaban J connectivity index is 0.859. The van der Waals surface area contributed by atoms with Crippen molar-refractivity contribution in [3.63, 3.8) is 0 Å². The molecule has 0 saturated carbocycles. The lowest BCUT2D eigenvalue weighted by molar-refractivity contribution is -0.137. The number of nitrogens with one attached hydrogen (secondary N) is 3. The fourth-order valence-corrected chi connectivity index (χ4v) is 8.04. The van der Waals surface area contributed by atoms with Crippen molar-refractivity contribution in [1.82, 2.24) is 30.6 Å². The molecule has 3 aliphatic heterocycles. The first-order valence-electron chi connectivity index (χ1n) is 20.5. The van der Waals surface area contributed by atoms with Crippen molar-refractivity contribution >= 4 is 52.1 Å². The lowest BCUT2D eigenvalue weighted by Crippen LogP contribution is -2.52. The molecule has 0 bridgehead atoms. The van der Waals surface area contributed by atoms with Gasteiger partial charge in [0.1, 0.15) is 18.4 Å². The molecule has 4 heterocycles. The Kier molecular flexibility index (Phi) is 12.9. The van der Waals surface area contributed by atoms with Crippen molar-refractivity contribution in [3.8, 4) is 17.2 Å². The first-order valence-corrected chi connectivity index (χ1v) is 20.5. The second-order valence-electron chi connectivity index (χ2n) is 15.6. The van der Waals surface area contributed by atoms with Gasteiger partial charge in [-0.15, -0.1) is 0 Å². The number of hydrogen-bond donors (Lipinski definition) is 3. The van der Waals surface area contributed by atoms with Crippen LogP contribution in [0.3, 0.4) is 0 Å². The first kappa shape index (κ1) is 43.0. The molecule has 16 heteroatoms. The molecular formula is C46H50N8O8. The van der Waals surface area contributed by atoms with Gasteiger partial charge in [0.05, 0.1) is 43.2 Å². The van der Waals surface area contributed by atoms with E-state index in [-0.39, 0.29) is 55.9 Å². The van der Waals surface area contributed by atoms with Gasteiger partial charge < -0.3 is 29.3 Å². The van der Waals surface area contributed by atoms with Crippen LogP contribution in [0.25, 0.3) is 11.3 Å². The van der Waals surface area contributed by atoms with Crippen LogP contribution in [0.1, 0.15) is 88.0 Å². The molecule has 3 aliphatic rings. The lowest BCUT2D eigenvalue weighted by atomic mass is 9.91. The Morgan fingerprint density at radius 3 is 2.56 bits per heavy atom. The van der Waals surface area contributed by atoms with Crippen molar-refractivity contribution in [2.24, 2.45) is 10.2 Å². The number of amides is 4. The summed E-state index contributed by atoms with van der Waals surface area (Å²) < 4.78 is 17.3. The first-order chi connectivity index (χ1) is 29.9. The number of aromatic amines is 1. The number of carbonyl (C=O) groups excluding carboxylic acids is 5. The quantitative estimate of drug-likeness (QED) is 0.0609. The lowest BCUT2D eigenvalue weighted by Gasteiger charge is -2.29. The van der Waals surface area contributed by atoms with Crippen LogP contribution in [0, 0.1) is 13.8 Å². The molecule has 1 aromatic heterocycles. The number of carbonyl (C=O) groups is 5. The summed E-state index contributed by atoms with van der Waals surface area (Å²) in [6.07, 6.45) is 6.60. The van der Waals surface area contributed by atoms with Gasteiger partial charge in [-0.25, -0.2) is 0 Å². The van der Waals surface area contributed by atoms with Crippen LogP contribution >= 0.6 is 0 Å². The zero-order chi connectivity index (χ0) is 44.1. The summed E-state index contributed by atoms with van der Waals surface area (Å²) in [6.45, 7) is 8.36. The van der Waals surface area contributed by atoms with E-state index < -0.39 is 11.9 Å². The molecule has 7 rings (SSSR count). The summed E-state index contributed by atoms with van der Waals surface area (Å²) in [6, 6.07) is 11.9. The highest BCUT2D eigenvalue weighted by molar-refractivity contribution is 6.06. The van der Waals surface area contributed by atoms with Crippen LogP contribution < -0.4 is 24.8 Å². The number of Topliss-reactive ketones (excluding diaryl/α,β-unsaturated/α-hetero) is 1. The van der Waals surface area contributed by atoms with E-state index in [2.05, 4.69) is 50.6 Å². The van der Waals surface area contributed by atoms with Crippen LogP contribution in [0.5, 0.6) is 17.2 Å². The number of hydrogen-bond acceptors (Lipinski definition) is 12. The zero-order valence-corrected chi connectivity index (χ0v) is 35.6. The number of ketones is 1. The molecule has 1 unspecified atom stereocenters. The van der Waals surface area contributed by atoms with Gasteiger partial charge >= 0.3 is 0 Å². The highest BCUT2D eigenvalue weighted by atomic mass is 16.5. The van der Waals surface area contributed by atoms with Gasteiger partial charge in [0, 0.05) is 73.9 Å². The third-order valence-corrected chi connectivity index (χ3v) is 11.4. The summed E-state index contributed by atoms with van der Waals surface area (Å²) in [5, 5.41) is 21.3. The average molecular weight is 843 g/mol. The number of imide groups is 1. The molecule has 0 spiro atoms. The molecule has 0 aliphatic carbocycles. The van der Waals surface area contributed by atoms with Gasteiger partial charge in [0.25, 0.3) is 5.91 Å². The third-order valence-electron chi connectivity index (χ3n) is 11.4. The Morgan fingerprint density at radius 1 is 0.984 bits per heavy atom. The van der Waals surface area contributed by atoms with E-state index in [9.17, 15) is 24.0 Å². The van der Waals surface area contributed by atoms with E-state index in [1.165, 1.54) is 12.0 Å². The van der Waals surface area contributed by atoms with Crippen LogP contribution in [-0.2, 0) is 32.1 Å². The Bertz CT molecular complexity index is 2520. The van der Waals surface area contributed by atoms with Crippen molar-refractivity contribution < 1.29 is 38.2 Å². The number of H-pyrrole nitrogens is 1. The van der Waals surface area contributed by atoms with Gasteiger partial charge in [-0.1, -0.05) is 18.7 Å². The Morgan fingerprint density at radius 2 is 1.79 bits per heavy atom. The van der Waals surface area contributed by atoms with E-state index in [0.29, 0.717) is 71.8 Å². The average Bonchev–Trinajstić information content (AvgIpc) is 3.88. The maximum atomic E-state index is 13.2. The summed E-state index contributed by atoms with van der Waals surface area (Å²) in [5.41, 5.74) is 9.55. The second-order valence-corrected chi connectivity index (χ2v) is 15.6. The molecule has 4 amide bonds. The SMILES string of the molecule is C=C1c2[nH]ncc2C(c2cc(C)c(CCCC(=O)NCCCC(=O)COc3c(C)cc(N=Nc4cccc5c4CN(C4CCC(=O)NC4=O)C5=O)cc3OC)c(OC)c2)=CN1C. The molecule has 322 valence electrons. The zero-order valence-electron chi connectivity index (χ0n) is 35.6. The summed E-state index contributed by atoms with van der Waals surface area (Å²) in [7, 11) is 5.10. The minimum Gasteiger partial charge on any atom is -0.496 e. The summed E-state index contributed by atoms with van der Waals surface area (Å²) in [4.78, 5) is 66.3. The van der Waals surface area contributed by atoms with Crippen LogP contribution in [0.15, 0.2) is 71.7 Å². The summed E-state index contributed by atoms with van der Waals surface area (Å²) >= 11 is 0. The number of aryl methyl sites for hydroxylation is 2. The van der Waals surface area contributed by atoms with Gasteiger partial charge in [0.2, 0.25) is 17.7 Å². The number of aromatic nitrogens is 2. The van der Waals surface area contributed by atoms with E-state index in [1.54, 1.807) is 43.6 Å². The summed E-state index contributed by atoms with van der Waals surface area (Å²) in [5.74, 6) is 0.202. The van der Waals surface area contributed by atoms with Crippen LogP contribution in [0.2, 0.25) is 0 Å².